The molecule has 0 radical (unpaired) electrons. The van der Waals surface area contributed by atoms with Crippen molar-refractivity contribution < 1.29 is 113 Å². The molecule has 3 unspecified atom stereocenters. The number of H-pyrrole nitrogens is 1. The number of aromatic carboxylic acids is 1. The standard InChI is InChI=1S/C63H85N4O25P3S4/c1-8-16-43-34-52-48(31-41(43)4)58(49-32-42(5)50(64-9-2)35-53(49)89-52)47-33-44(20-21-46(47)60(71)72)51(68)18-15-25-82-29-30-83-28-23-65-62(74)86-27-22-63(6,7)98-97-39-84-24-13-14-26-85-57(69)19-12-11-17-45-37-67(61(73)66-59(45)70)56-36-54(87-40-99(96)10-3)55(90-56)38-88-94(78,79)92-95(80,81)91-93(75,76)77/h20-21,31-35,37,54-56H,8-10,12-16,18-19,22-30,36,38-40H2,1-7H3,(H,65,74)(H,71,72)(H,78,79)(H,80,81)(H,66,70,73)(H2,75,76,77)/p+1/t54-,55+,56+,99?/m0/s1. The number of unbranched alkanes of at least 4 members (excludes halogenated alkanes) is 1. The van der Waals surface area contributed by atoms with Gasteiger partial charge in [-0.3, -0.25) is 28.5 Å². The van der Waals surface area contributed by atoms with E-state index in [1.165, 1.54) is 16.9 Å². The summed E-state index contributed by atoms with van der Waals surface area (Å²) in [7, 11) is -14.5. The second-order valence-corrected chi connectivity index (χ2v) is 33.5. The van der Waals surface area contributed by atoms with Crippen LogP contribution in [0.25, 0.3) is 33.4 Å². The molecule has 99 heavy (non-hydrogen) atoms. The first-order valence-electron chi connectivity index (χ1n) is 31.8. The minimum Gasteiger partial charge on any atom is -0.478 e. The molecule has 2 aromatic carbocycles. The van der Waals surface area contributed by atoms with E-state index in [4.69, 9.17) is 63.1 Å². The molecule has 546 valence electrons. The number of nitrogens with zero attached hydrogens (tertiary/aromatic N) is 1. The first-order chi connectivity index (χ1) is 46.9. The highest BCUT2D eigenvalue weighted by Crippen LogP contribution is 2.66. The molecule has 1 aromatic heterocycles. The minimum absolute atomic E-state index is 0.000709. The molecule has 6 rings (SSSR count). The Hall–Kier alpha value is -5.27. The number of fused-ring (bicyclic) bond motifs is 2. The van der Waals surface area contributed by atoms with Gasteiger partial charge in [-0.25, -0.2) is 33.1 Å². The predicted molar refractivity (Wildman–Crippen MR) is 374 cm³/mol. The predicted octanol–water partition coefficient (Wildman–Crippen LogP) is 7.80. The summed E-state index contributed by atoms with van der Waals surface area (Å²) in [6.07, 6.45) is 1.09. The molecule has 6 atom stereocenters. The van der Waals surface area contributed by atoms with Gasteiger partial charge in [-0.1, -0.05) is 69.2 Å². The lowest BCUT2D eigenvalue weighted by Gasteiger charge is -2.22. The molecule has 1 saturated heterocycles. The monoisotopic (exact) mass is 1520 g/mol. The van der Waals surface area contributed by atoms with E-state index in [1.54, 1.807) is 22.9 Å². The van der Waals surface area contributed by atoms with Gasteiger partial charge in [0.25, 0.3) is 5.56 Å². The van der Waals surface area contributed by atoms with Crippen LogP contribution in [-0.4, -0.2) is 159 Å². The van der Waals surface area contributed by atoms with Gasteiger partial charge in [0.15, 0.2) is 5.78 Å². The molecule has 8 N–H and O–H groups in total. The second-order valence-electron chi connectivity index (χ2n) is 23.1. The number of alkyl carbamates (subject to hydrolysis) is 1. The summed E-state index contributed by atoms with van der Waals surface area (Å²) in [5.74, 6) is 5.13. The number of hydrogen-bond acceptors (Lipinski definition) is 23. The van der Waals surface area contributed by atoms with Crippen LogP contribution in [0.3, 0.4) is 0 Å². The number of carbonyl (C=O) groups excluding carboxylic acids is 3. The maximum absolute atomic E-state index is 13.7. The Morgan fingerprint density at radius 3 is 2.32 bits per heavy atom. The summed E-state index contributed by atoms with van der Waals surface area (Å²) in [4.78, 5) is 119. The molecule has 0 bridgehead atoms. The molecule has 2 aliphatic heterocycles. The summed E-state index contributed by atoms with van der Waals surface area (Å²) in [6, 6.07) is 12.8. The number of amides is 1. The number of hydrogen-bond donors (Lipinski definition) is 8. The Bertz CT molecular complexity index is 4020. The van der Waals surface area contributed by atoms with Gasteiger partial charge in [0.05, 0.1) is 69.7 Å². The maximum Gasteiger partial charge on any atom is 0.490 e. The highest BCUT2D eigenvalue weighted by molar-refractivity contribution is 8.77. The number of carbonyl (C=O) groups is 4. The highest BCUT2D eigenvalue weighted by Gasteiger charge is 2.44. The van der Waals surface area contributed by atoms with Crippen molar-refractivity contribution in [2.75, 3.05) is 83.6 Å². The number of phosphoric ester groups is 1. The largest absolute Gasteiger partial charge is 0.490 e. The number of ether oxygens (including phenoxy) is 7. The van der Waals surface area contributed by atoms with Crippen LogP contribution in [0, 0.1) is 25.7 Å². The van der Waals surface area contributed by atoms with Crippen molar-refractivity contribution >= 4 is 100 Å². The fourth-order valence-electron chi connectivity index (χ4n) is 9.94. The first kappa shape index (κ1) is 82.7. The van der Waals surface area contributed by atoms with Crippen LogP contribution in [0.2, 0.25) is 0 Å². The van der Waals surface area contributed by atoms with E-state index in [2.05, 4.69) is 48.7 Å². The van der Waals surface area contributed by atoms with Crippen molar-refractivity contribution in [1.82, 2.24) is 14.9 Å². The van der Waals surface area contributed by atoms with Crippen molar-refractivity contribution in [3.63, 3.8) is 0 Å². The fraction of sp³-hybridized carbons (Fsp3) is 0.540. The van der Waals surface area contributed by atoms with Crippen LogP contribution in [-0.2, 0) is 91.9 Å². The number of esters is 1. The van der Waals surface area contributed by atoms with E-state index in [0.717, 1.165) is 56.6 Å². The molecule has 1 fully saturated rings. The zero-order valence-electron chi connectivity index (χ0n) is 55.9. The minimum atomic E-state index is -5.81. The second kappa shape index (κ2) is 40.0. The van der Waals surface area contributed by atoms with E-state index in [0.29, 0.717) is 85.2 Å². The van der Waals surface area contributed by atoms with Gasteiger partial charge in [-0.05, 0) is 131 Å². The summed E-state index contributed by atoms with van der Waals surface area (Å²) in [5.41, 5.74) is 4.24. The van der Waals surface area contributed by atoms with Crippen LogP contribution >= 0.6 is 45.1 Å². The highest BCUT2D eigenvalue weighted by atomic mass is 33.1. The SMILES string of the molecule is CCCc1cc2oc3cc(=[NH+]CC)c(C)cc-3c(-c3cc(C(=O)CCCOCCOCCNC(=O)OCCC(C)(C)SSCOCCCCOC(=O)CCC#Cc4cn([C@H]5C[C@H](OCS(=S)CC)[C@@H](COP(=O)(O)OP(=O)(O)OP(=O)(O)O)O5)c(=O)[nH]c4=O)ccc3C(=O)O)c2cc1C. The lowest BCUT2D eigenvalue weighted by atomic mass is 9.87. The summed E-state index contributed by atoms with van der Waals surface area (Å²) >= 11 is 5.32. The molecular weight excluding hydrogens is 1430 g/mol. The van der Waals surface area contributed by atoms with E-state index in [9.17, 15) is 57.4 Å². The van der Waals surface area contributed by atoms with E-state index in [1.807, 2.05) is 59.7 Å². The van der Waals surface area contributed by atoms with Gasteiger partial charge in [0, 0.05) is 77.6 Å². The van der Waals surface area contributed by atoms with Gasteiger partial charge in [-0.2, -0.15) is 8.62 Å². The molecule has 3 aromatic rings. The number of carboxylic acids is 1. The van der Waals surface area contributed by atoms with Crippen molar-refractivity contribution in [3.8, 4) is 34.3 Å². The molecule has 29 nitrogen and oxygen atoms in total. The Kier molecular flexibility index (Phi) is 33.4. The van der Waals surface area contributed by atoms with Gasteiger partial charge >= 0.3 is 47.2 Å². The number of nitrogens with one attached hydrogen (secondary N) is 3. The zero-order chi connectivity index (χ0) is 72.5. The number of aryl methyl sites for hydroxylation is 3. The Balaban J connectivity index is 0.802. The average Bonchev–Trinajstić information content (AvgIpc) is 1.22. The smallest absolute Gasteiger partial charge is 0.478 e. The van der Waals surface area contributed by atoms with Crippen LogP contribution < -0.4 is 26.9 Å². The third-order valence-corrected chi connectivity index (χ3v) is 23.7. The molecule has 3 heterocycles. The van der Waals surface area contributed by atoms with Crippen LogP contribution in [0.5, 0.6) is 0 Å². The summed E-state index contributed by atoms with van der Waals surface area (Å²) < 4.78 is 94.2. The van der Waals surface area contributed by atoms with Crippen LogP contribution in [0.1, 0.15) is 142 Å². The van der Waals surface area contributed by atoms with E-state index in [-0.39, 0.29) is 92.9 Å². The van der Waals surface area contributed by atoms with Crippen molar-refractivity contribution in [2.24, 2.45) is 0 Å². The third-order valence-electron chi connectivity index (χ3n) is 14.8. The Morgan fingerprint density at radius 2 is 1.61 bits per heavy atom. The van der Waals surface area contributed by atoms with Gasteiger partial charge < -0.3 is 67.6 Å². The van der Waals surface area contributed by atoms with E-state index < -0.39 is 87.2 Å². The molecule has 1 aliphatic carbocycles. The van der Waals surface area contributed by atoms with Gasteiger partial charge in [0.2, 0.25) is 5.36 Å². The number of aromatic nitrogens is 2. The number of ketones is 1. The number of benzene rings is 3. The fourth-order valence-corrected chi connectivity index (χ4v) is 15.9. The summed E-state index contributed by atoms with van der Waals surface area (Å²) in [5, 5.41) is 14.8. The van der Waals surface area contributed by atoms with Crippen LogP contribution in [0.4, 0.5) is 4.79 Å². The molecule has 1 amide bonds. The Morgan fingerprint density at radius 1 is 0.869 bits per heavy atom. The molecule has 3 aliphatic rings. The molecular formula is C63H86N4O25P3S4+. The molecule has 0 saturated carbocycles. The normalized spacial score (nSPS) is 16.6. The number of phosphoric acid groups is 3. The molecule has 0 spiro atoms. The molecule has 36 heteroatoms. The van der Waals surface area contributed by atoms with Crippen molar-refractivity contribution in [1.29, 1.82) is 0 Å². The summed E-state index contributed by atoms with van der Waals surface area (Å²) in [6.45, 7) is 15.9. The van der Waals surface area contributed by atoms with E-state index >= 15 is 0 Å². The number of rotatable bonds is 42. The topological polar surface area (TPSA) is 407 Å². The number of aromatic amines is 1. The van der Waals surface area contributed by atoms with Crippen molar-refractivity contribution in [3.05, 3.63) is 108 Å². The maximum atomic E-state index is 13.7. The average molecular weight is 1520 g/mol. The van der Waals surface area contributed by atoms with Gasteiger partial charge in [-0.15, -0.1) is 0 Å². The van der Waals surface area contributed by atoms with Crippen molar-refractivity contribution in [2.45, 2.75) is 136 Å². The lowest BCUT2D eigenvalue weighted by molar-refractivity contribution is -0.496. The number of Topliss-reactive ketones (excluding diaryl/α,β-unsaturated/α-hetero) is 1. The zero-order valence-corrected chi connectivity index (χ0v) is 61.9. The first-order valence-corrected chi connectivity index (χ1v) is 41.1. The Labute approximate surface area is 587 Å². The van der Waals surface area contributed by atoms with Gasteiger partial charge in [0.1, 0.15) is 41.7 Å². The van der Waals surface area contributed by atoms with Crippen LogP contribution in [0.15, 0.2) is 62.7 Å². The number of carboxylic acid groups (broad SMARTS) is 1. The lowest BCUT2D eigenvalue weighted by Crippen LogP contribution is -2.76. The quantitative estimate of drug-likeness (QED) is 0.00270. The third kappa shape index (κ3) is 27.5.